The number of urea groups is 1. The van der Waals surface area contributed by atoms with Gasteiger partial charge in [-0.1, -0.05) is 6.07 Å². The van der Waals surface area contributed by atoms with Gasteiger partial charge in [-0.25, -0.2) is 4.79 Å². The van der Waals surface area contributed by atoms with Crippen molar-refractivity contribution in [2.75, 3.05) is 18.5 Å². The summed E-state index contributed by atoms with van der Waals surface area (Å²) in [5.41, 5.74) is 11.8. The van der Waals surface area contributed by atoms with Gasteiger partial charge < -0.3 is 25.9 Å². The zero-order valence-corrected chi connectivity index (χ0v) is 11.5. The Hall–Kier alpha value is -3.16. The zero-order valence-electron chi connectivity index (χ0n) is 11.5. The maximum absolute atomic E-state index is 11.5. The van der Waals surface area contributed by atoms with E-state index < -0.39 is 11.9 Å². The first-order valence-corrected chi connectivity index (χ1v) is 6.54. The van der Waals surface area contributed by atoms with Crippen LogP contribution < -0.4 is 26.3 Å². The molecule has 1 aromatic carbocycles. The summed E-state index contributed by atoms with van der Waals surface area (Å²) in [6.07, 6.45) is 0. The third-order valence-electron chi connectivity index (χ3n) is 3.19. The SMILES string of the molecule is NC(=O)Nc1[nH]c(-c2cccc3c2OCCO3)cc1C(N)=O. The van der Waals surface area contributed by atoms with Crippen molar-refractivity contribution >= 4 is 17.8 Å². The van der Waals surface area contributed by atoms with Crippen molar-refractivity contribution in [3.05, 3.63) is 29.8 Å². The fourth-order valence-corrected chi connectivity index (χ4v) is 2.30. The van der Waals surface area contributed by atoms with E-state index in [-0.39, 0.29) is 11.4 Å². The highest BCUT2D eigenvalue weighted by Gasteiger charge is 2.21. The molecule has 1 aliphatic rings. The molecule has 6 N–H and O–H groups in total. The summed E-state index contributed by atoms with van der Waals surface area (Å²) in [6.45, 7) is 0.905. The van der Waals surface area contributed by atoms with Gasteiger partial charge in [0, 0.05) is 5.56 Å². The van der Waals surface area contributed by atoms with E-state index in [9.17, 15) is 9.59 Å². The molecule has 2 heterocycles. The molecule has 2 aromatic rings. The molecule has 0 spiro atoms. The monoisotopic (exact) mass is 302 g/mol. The van der Waals surface area contributed by atoms with Gasteiger partial charge in [0.25, 0.3) is 5.91 Å². The number of aromatic nitrogens is 1. The minimum Gasteiger partial charge on any atom is -0.486 e. The van der Waals surface area contributed by atoms with E-state index in [1.807, 2.05) is 0 Å². The number of carbonyl (C=O) groups is 2. The van der Waals surface area contributed by atoms with Crippen molar-refractivity contribution in [2.24, 2.45) is 11.5 Å². The molecule has 114 valence electrons. The Labute approximate surface area is 125 Å². The first kappa shape index (κ1) is 13.8. The van der Waals surface area contributed by atoms with E-state index in [1.54, 1.807) is 18.2 Å². The number of nitrogens with two attached hydrogens (primary N) is 2. The molecule has 0 bridgehead atoms. The second-order valence-corrected chi connectivity index (χ2v) is 4.65. The average Bonchev–Trinajstić information content (AvgIpc) is 2.89. The van der Waals surface area contributed by atoms with Crippen LogP contribution in [0.25, 0.3) is 11.3 Å². The number of nitrogens with one attached hydrogen (secondary N) is 2. The largest absolute Gasteiger partial charge is 0.486 e. The van der Waals surface area contributed by atoms with Crippen LogP contribution in [0.3, 0.4) is 0 Å². The Morgan fingerprint density at radius 1 is 1.18 bits per heavy atom. The summed E-state index contributed by atoms with van der Waals surface area (Å²) >= 11 is 0. The molecule has 1 aromatic heterocycles. The van der Waals surface area contributed by atoms with Crippen molar-refractivity contribution in [3.8, 4) is 22.8 Å². The lowest BCUT2D eigenvalue weighted by molar-refractivity contribution is 0.100. The van der Waals surface area contributed by atoms with Gasteiger partial charge in [0.05, 0.1) is 11.3 Å². The molecule has 0 unspecified atom stereocenters. The van der Waals surface area contributed by atoms with E-state index in [4.69, 9.17) is 20.9 Å². The topological polar surface area (TPSA) is 132 Å². The maximum atomic E-state index is 11.5. The highest BCUT2D eigenvalue weighted by Crippen LogP contribution is 2.40. The summed E-state index contributed by atoms with van der Waals surface area (Å²) < 4.78 is 11.1. The summed E-state index contributed by atoms with van der Waals surface area (Å²) in [7, 11) is 0. The predicted molar refractivity (Wildman–Crippen MR) is 78.9 cm³/mol. The van der Waals surface area contributed by atoms with E-state index in [1.165, 1.54) is 6.07 Å². The highest BCUT2D eigenvalue weighted by atomic mass is 16.6. The molecular weight excluding hydrogens is 288 g/mol. The Morgan fingerprint density at radius 2 is 1.95 bits per heavy atom. The number of fused-ring (bicyclic) bond motifs is 1. The van der Waals surface area contributed by atoms with Gasteiger partial charge in [0.2, 0.25) is 0 Å². The first-order valence-electron chi connectivity index (χ1n) is 6.54. The van der Waals surface area contributed by atoms with Gasteiger partial charge in [-0.2, -0.15) is 0 Å². The molecule has 1 aliphatic heterocycles. The number of hydrogen-bond donors (Lipinski definition) is 4. The van der Waals surface area contributed by atoms with E-state index >= 15 is 0 Å². The van der Waals surface area contributed by atoms with E-state index in [0.29, 0.717) is 36.0 Å². The maximum Gasteiger partial charge on any atom is 0.317 e. The van der Waals surface area contributed by atoms with Crippen LogP contribution >= 0.6 is 0 Å². The molecule has 0 saturated carbocycles. The number of carbonyl (C=O) groups excluding carboxylic acids is 2. The molecule has 0 fully saturated rings. The number of primary amides is 2. The average molecular weight is 302 g/mol. The Bertz CT molecular complexity index is 753. The Kier molecular flexibility index (Phi) is 3.34. The molecule has 0 saturated heterocycles. The summed E-state index contributed by atoms with van der Waals surface area (Å²) in [5.74, 6) is 0.637. The van der Waals surface area contributed by atoms with Crippen molar-refractivity contribution in [1.29, 1.82) is 0 Å². The second-order valence-electron chi connectivity index (χ2n) is 4.65. The molecule has 3 rings (SSSR count). The lowest BCUT2D eigenvalue weighted by atomic mass is 10.1. The van der Waals surface area contributed by atoms with Gasteiger partial charge >= 0.3 is 6.03 Å². The number of para-hydroxylation sites is 1. The number of rotatable bonds is 3. The summed E-state index contributed by atoms with van der Waals surface area (Å²) in [5, 5.41) is 2.34. The molecule has 0 atom stereocenters. The number of H-pyrrole nitrogens is 1. The normalized spacial score (nSPS) is 12.7. The third kappa shape index (κ3) is 2.41. The van der Waals surface area contributed by atoms with Crippen LogP contribution in [0.1, 0.15) is 10.4 Å². The summed E-state index contributed by atoms with van der Waals surface area (Å²) in [4.78, 5) is 25.4. The van der Waals surface area contributed by atoms with Crippen LogP contribution in [0.5, 0.6) is 11.5 Å². The minimum absolute atomic E-state index is 0.128. The number of ether oxygens (including phenoxy) is 2. The number of hydrogen-bond acceptors (Lipinski definition) is 4. The highest BCUT2D eigenvalue weighted by molar-refractivity contribution is 6.03. The Balaban J connectivity index is 2.09. The van der Waals surface area contributed by atoms with Crippen LogP contribution in [-0.4, -0.2) is 30.1 Å². The van der Waals surface area contributed by atoms with Crippen molar-refractivity contribution in [2.45, 2.75) is 0 Å². The molecular formula is C14H14N4O4. The van der Waals surface area contributed by atoms with Gasteiger partial charge in [-0.15, -0.1) is 0 Å². The number of amides is 3. The van der Waals surface area contributed by atoms with Crippen LogP contribution in [0.2, 0.25) is 0 Å². The van der Waals surface area contributed by atoms with Crippen molar-refractivity contribution < 1.29 is 19.1 Å². The standard InChI is InChI=1S/C14H14N4O4/c15-12(19)8-6-9(17-13(8)18-14(16)20)7-2-1-3-10-11(7)22-5-4-21-10/h1-3,6,17H,4-5H2,(H2,15,19)(H3,16,18,20). The number of benzene rings is 1. The lowest BCUT2D eigenvalue weighted by Crippen LogP contribution is -2.22. The summed E-state index contributed by atoms with van der Waals surface area (Å²) in [6, 6.07) is 6.12. The van der Waals surface area contributed by atoms with Crippen molar-refractivity contribution in [3.63, 3.8) is 0 Å². The van der Waals surface area contributed by atoms with E-state index in [0.717, 1.165) is 0 Å². The molecule has 0 aliphatic carbocycles. The zero-order chi connectivity index (χ0) is 15.7. The minimum atomic E-state index is -0.800. The quantitative estimate of drug-likeness (QED) is 0.674. The predicted octanol–water partition coefficient (Wildman–Crippen LogP) is 1.04. The Morgan fingerprint density at radius 3 is 2.68 bits per heavy atom. The van der Waals surface area contributed by atoms with Crippen LogP contribution in [-0.2, 0) is 0 Å². The molecule has 22 heavy (non-hydrogen) atoms. The lowest BCUT2D eigenvalue weighted by Gasteiger charge is -2.20. The van der Waals surface area contributed by atoms with Gasteiger partial charge in [-0.05, 0) is 18.2 Å². The number of aromatic amines is 1. The smallest absolute Gasteiger partial charge is 0.317 e. The van der Waals surface area contributed by atoms with Crippen LogP contribution in [0, 0.1) is 0 Å². The molecule has 8 nitrogen and oxygen atoms in total. The fourth-order valence-electron chi connectivity index (χ4n) is 2.30. The molecule has 8 heteroatoms. The van der Waals surface area contributed by atoms with Crippen LogP contribution in [0.15, 0.2) is 24.3 Å². The third-order valence-corrected chi connectivity index (χ3v) is 3.19. The van der Waals surface area contributed by atoms with Crippen LogP contribution in [0.4, 0.5) is 10.6 Å². The van der Waals surface area contributed by atoms with Gasteiger partial charge in [-0.3, -0.25) is 10.1 Å². The molecule has 0 radical (unpaired) electrons. The second kappa shape index (κ2) is 5.32. The van der Waals surface area contributed by atoms with Crippen molar-refractivity contribution in [1.82, 2.24) is 4.98 Å². The van der Waals surface area contributed by atoms with Gasteiger partial charge in [0.15, 0.2) is 11.5 Å². The first-order chi connectivity index (χ1) is 10.6. The van der Waals surface area contributed by atoms with Gasteiger partial charge in [0.1, 0.15) is 19.0 Å². The molecule has 3 amide bonds. The fraction of sp³-hybridized carbons (Fsp3) is 0.143. The number of anilines is 1. The van der Waals surface area contributed by atoms with E-state index in [2.05, 4.69) is 10.3 Å².